The van der Waals surface area contributed by atoms with Gasteiger partial charge in [-0.1, -0.05) is 0 Å². The van der Waals surface area contributed by atoms with Crippen molar-refractivity contribution >= 4 is 5.97 Å². The molecule has 2 aliphatic rings. The maximum Gasteiger partial charge on any atom is 0.398 e. The lowest BCUT2D eigenvalue weighted by Crippen LogP contribution is -2.52. The van der Waals surface area contributed by atoms with Crippen LogP contribution < -0.4 is 0 Å². The fourth-order valence-electron chi connectivity index (χ4n) is 1.41. The first-order valence-corrected chi connectivity index (χ1v) is 3.53. The molecule has 0 aromatic rings. The summed E-state index contributed by atoms with van der Waals surface area (Å²) in [7, 11) is 0. The van der Waals surface area contributed by atoms with Crippen molar-refractivity contribution < 1.29 is 33.3 Å². The first kappa shape index (κ1) is 8.79. The highest BCUT2D eigenvalue weighted by Crippen LogP contribution is 2.46. The third-order valence-electron chi connectivity index (χ3n) is 2.15. The number of alkyl halides is 2. The molecule has 0 amide bonds. The first-order chi connectivity index (χ1) is 5.89. The van der Waals surface area contributed by atoms with Crippen LogP contribution in [-0.4, -0.2) is 46.7 Å². The second-order valence-corrected chi connectivity index (χ2v) is 2.98. The van der Waals surface area contributed by atoms with E-state index in [-0.39, 0.29) is 0 Å². The highest BCUT2D eigenvalue weighted by molar-refractivity contribution is 5.82. The number of ether oxygens (including phenoxy) is 2. The monoisotopic (exact) mass is 196 g/mol. The minimum absolute atomic E-state index is 0.482. The van der Waals surface area contributed by atoms with Gasteiger partial charge in [0.05, 0.1) is 6.61 Å². The zero-order valence-corrected chi connectivity index (χ0v) is 6.24. The molecule has 0 spiro atoms. The Morgan fingerprint density at radius 2 is 2.15 bits per heavy atom. The lowest BCUT2D eigenvalue weighted by molar-refractivity contribution is -0.277. The van der Waals surface area contributed by atoms with Gasteiger partial charge in [-0.3, -0.25) is 0 Å². The van der Waals surface area contributed by atoms with Crippen molar-refractivity contribution in [1.82, 2.24) is 0 Å². The molecular weight excluding hydrogens is 190 g/mol. The summed E-state index contributed by atoms with van der Waals surface area (Å²) >= 11 is 0. The standard InChI is InChI=1S/C6H6F2O5/c7-5(8)4(10)13-3-2(9)1-12-6(3,5)11/h2-3,9,11H,1H2. The highest BCUT2D eigenvalue weighted by Gasteiger charge is 2.76. The van der Waals surface area contributed by atoms with E-state index < -0.39 is 36.5 Å². The molecule has 3 atom stereocenters. The number of carbonyl (C=O) groups is 1. The fraction of sp³-hybridized carbons (Fsp3) is 0.833. The van der Waals surface area contributed by atoms with Crippen molar-refractivity contribution in [3.8, 4) is 0 Å². The summed E-state index contributed by atoms with van der Waals surface area (Å²) in [6, 6.07) is 0. The predicted molar refractivity (Wildman–Crippen MR) is 31.7 cm³/mol. The number of aliphatic hydroxyl groups excluding tert-OH is 1. The number of halogens is 2. The smallest absolute Gasteiger partial charge is 0.398 e. The highest BCUT2D eigenvalue weighted by atomic mass is 19.3. The minimum Gasteiger partial charge on any atom is -0.449 e. The Kier molecular flexibility index (Phi) is 1.47. The van der Waals surface area contributed by atoms with E-state index in [1.165, 1.54) is 0 Å². The van der Waals surface area contributed by atoms with Crippen LogP contribution in [-0.2, 0) is 14.3 Å². The van der Waals surface area contributed by atoms with Gasteiger partial charge in [-0.2, -0.15) is 8.78 Å². The summed E-state index contributed by atoms with van der Waals surface area (Å²) in [5.74, 6) is -9.00. The molecule has 0 bridgehead atoms. The third-order valence-corrected chi connectivity index (χ3v) is 2.15. The normalized spacial score (nSPS) is 47.5. The van der Waals surface area contributed by atoms with Crippen LogP contribution in [0.5, 0.6) is 0 Å². The molecule has 2 aliphatic heterocycles. The number of hydrogen-bond acceptors (Lipinski definition) is 5. The predicted octanol–water partition coefficient (Wildman–Crippen LogP) is -1.37. The number of rotatable bonds is 0. The summed E-state index contributed by atoms with van der Waals surface area (Å²) in [6.45, 7) is -0.482. The van der Waals surface area contributed by atoms with E-state index in [9.17, 15) is 18.7 Å². The van der Waals surface area contributed by atoms with E-state index >= 15 is 0 Å². The van der Waals surface area contributed by atoms with Crippen molar-refractivity contribution in [3.05, 3.63) is 0 Å². The molecule has 2 saturated heterocycles. The molecule has 2 N–H and O–H groups in total. The molecular formula is C6H6F2O5. The Labute approximate surface area is 70.9 Å². The molecule has 13 heavy (non-hydrogen) atoms. The molecule has 0 aliphatic carbocycles. The average Bonchev–Trinajstić information content (AvgIpc) is 2.40. The van der Waals surface area contributed by atoms with E-state index in [4.69, 9.17) is 5.11 Å². The van der Waals surface area contributed by atoms with Crippen LogP contribution in [0.2, 0.25) is 0 Å². The lowest BCUT2D eigenvalue weighted by Gasteiger charge is -2.22. The van der Waals surface area contributed by atoms with Crippen LogP contribution in [0.3, 0.4) is 0 Å². The molecule has 2 fully saturated rings. The van der Waals surface area contributed by atoms with Gasteiger partial charge in [-0.05, 0) is 0 Å². The largest absolute Gasteiger partial charge is 0.449 e. The Balaban J connectivity index is 2.41. The Morgan fingerprint density at radius 1 is 1.54 bits per heavy atom. The van der Waals surface area contributed by atoms with E-state index in [1.807, 2.05) is 0 Å². The minimum atomic E-state index is -4.12. The second kappa shape index (κ2) is 2.17. The van der Waals surface area contributed by atoms with Crippen molar-refractivity contribution in [1.29, 1.82) is 0 Å². The third kappa shape index (κ3) is 0.812. The van der Waals surface area contributed by atoms with Crippen LogP contribution in [0, 0.1) is 0 Å². The van der Waals surface area contributed by atoms with E-state index in [0.29, 0.717) is 0 Å². The molecule has 2 rings (SSSR count). The van der Waals surface area contributed by atoms with E-state index in [1.54, 1.807) is 0 Å². The van der Waals surface area contributed by atoms with Gasteiger partial charge in [0.2, 0.25) is 0 Å². The first-order valence-electron chi connectivity index (χ1n) is 3.53. The maximum atomic E-state index is 12.9. The van der Waals surface area contributed by atoms with Gasteiger partial charge in [0, 0.05) is 0 Å². The van der Waals surface area contributed by atoms with Crippen molar-refractivity contribution in [3.63, 3.8) is 0 Å². The van der Waals surface area contributed by atoms with Crippen LogP contribution in [0.25, 0.3) is 0 Å². The Morgan fingerprint density at radius 3 is 2.69 bits per heavy atom. The molecule has 0 aromatic heterocycles. The van der Waals surface area contributed by atoms with E-state index in [0.717, 1.165) is 0 Å². The summed E-state index contributed by atoms with van der Waals surface area (Å²) in [5, 5.41) is 18.2. The molecule has 7 heteroatoms. The summed E-state index contributed by atoms with van der Waals surface area (Å²) < 4.78 is 34.2. The molecule has 0 saturated carbocycles. The van der Waals surface area contributed by atoms with Crippen LogP contribution in [0.1, 0.15) is 0 Å². The van der Waals surface area contributed by atoms with Crippen LogP contribution in [0.4, 0.5) is 8.78 Å². The quantitative estimate of drug-likeness (QED) is 0.467. The number of esters is 1. The van der Waals surface area contributed by atoms with Gasteiger partial charge in [-0.15, -0.1) is 0 Å². The van der Waals surface area contributed by atoms with E-state index in [2.05, 4.69) is 9.47 Å². The summed E-state index contributed by atoms with van der Waals surface area (Å²) in [6.07, 6.45) is -3.11. The SMILES string of the molecule is O=C1OC2C(O)COC2(O)C1(F)F. The fourth-order valence-corrected chi connectivity index (χ4v) is 1.41. The van der Waals surface area contributed by atoms with Gasteiger partial charge in [0.1, 0.15) is 6.10 Å². The second-order valence-electron chi connectivity index (χ2n) is 2.98. The van der Waals surface area contributed by atoms with Gasteiger partial charge >= 0.3 is 11.9 Å². The molecule has 0 radical (unpaired) electrons. The molecule has 0 aromatic carbocycles. The van der Waals surface area contributed by atoms with Crippen molar-refractivity contribution in [2.24, 2.45) is 0 Å². The molecule has 5 nitrogen and oxygen atoms in total. The van der Waals surface area contributed by atoms with Gasteiger partial charge in [0.25, 0.3) is 5.79 Å². The number of fused-ring (bicyclic) bond motifs is 1. The summed E-state index contributed by atoms with van der Waals surface area (Å²) in [4.78, 5) is 10.5. The van der Waals surface area contributed by atoms with Crippen molar-refractivity contribution in [2.45, 2.75) is 23.9 Å². The Bertz CT molecular complexity index is 268. The van der Waals surface area contributed by atoms with Crippen LogP contribution in [0.15, 0.2) is 0 Å². The van der Waals surface area contributed by atoms with Crippen LogP contribution >= 0.6 is 0 Å². The Hall–Kier alpha value is -0.790. The zero-order valence-electron chi connectivity index (χ0n) is 6.24. The molecule has 3 unspecified atom stereocenters. The van der Waals surface area contributed by atoms with Gasteiger partial charge < -0.3 is 19.7 Å². The molecule has 74 valence electrons. The van der Waals surface area contributed by atoms with Gasteiger partial charge in [0.15, 0.2) is 6.10 Å². The molecule has 2 heterocycles. The lowest BCUT2D eigenvalue weighted by atomic mass is 10.1. The summed E-state index contributed by atoms with van der Waals surface area (Å²) in [5.41, 5.74) is 0. The number of aliphatic hydroxyl groups is 2. The topological polar surface area (TPSA) is 76.0 Å². The van der Waals surface area contributed by atoms with Gasteiger partial charge in [-0.25, -0.2) is 4.79 Å². The van der Waals surface area contributed by atoms with Crippen molar-refractivity contribution in [2.75, 3.05) is 6.61 Å². The number of carbonyl (C=O) groups excluding carboxylic acids is 1. The average molecular weight is 196 g/mol. The maximum absolute atomic E-state index is 12.9. The number of hydrogen-bond donors (Lipinski definition) is 2. The zero-order chi connectivity index (χ0) is 9.85.